The minimum Gasteiger partial charge on any atom is -0.390 e. The molecule has 2 aromatic heterocycles. The summed E-state index contributed by atoms with van der Waals surface area (Å²) in [5.74, 6) is 0. The molecule has 0 atom stereocenters. The highest BCUT2D eigenvalue weighted by atomic mass is 32.2. The van der Waals surface area contributed by atoms with Crippen LogP contribution in [0.25, 0.3) is 0 Å². The second kappa shape index (κ2) is 6.42. The molecule has 0 saturated heterocycles. The average Bonchev–Trinajstić information content (AvgIpc) is 3.07. The fourth-order valence-electron chi connectivity index (χ4n) is 2.06. The molecule has 0 spiro atoms. The molecule has 0 radical (unpaired) electrons. The molecule has 2 aromatic rings. The van der Waals surface area contributed by atoms with E-state index < -0.39 is 10.0 Å². The Morgan fingerprint density at radius 1 is 1.43 bits per heavy atom. The lowest BCUT2D eigenvalue weighted by Crippen LogP contribution is -2.27. The fourth-order valence-corrected chi connectivity index (χ4v) is 3.13. The molecular formula is C13H20N4O3S. The van der Waals surface area contributed by atoms with Gasteiger partial charge >= 0.3 is 0 Å². The molecule has 0 fully saturated rings. The number of hydrogen-bond acceptors (Lipinski definition) is 4. The third-order valence-corrected chi connectivity index (χ3v) is 4.56. The minimum absolute atomic E-state index is 0.0835. The number of nitrogens with zero attached hydrogens (tertiary/aromatic N) is 3. The second-order valence-corrected chi connectivity index (χ2v) is 6.76. The number of aliphatic hydroxyl groups is 1. The summed E-state index contributed by atoms with van der Waals surface area (Å²) in [6, 6.07) is 3.36. The second-order valence-electron chi connectivity index (χ2n) is 4.99. The molecule has 2 heterocycles. The first-order valence-electron chi connectivity index (χ1n) is 6.72. The van der Waals surface area contributed by atoms with E-state index in [9.17, 15) is 13.5 Å². The largest absolute Gasteiger partial charge is 0.390 e. The number of rotatable bonds is 7. The van der Waals surface area contributed by atoms with Crippen LogP contribution in [0.2, 0.25) is 0 Å². The molecule has 2 rings (SSSR count). The summed E-state index contributed by atoms with van der Waals surface area (Å²) in [6.07, 6.45) is 4.96. The van der Waals surface area contributed by atoms with Gasteiger partial charge in [0.15, 0.2) is 0 Å². The number of aliphatic hydroxyl groups excluding tert-OH is 1. The summed E-state index contributed by atoms with van der Waals surface area (Å²) in [7, 11) is -3.58. The predicted octanol–water partition coefficient (Wildman–Crippen LogP) is 0.736. The normalized spacial score (nSPS) is 12.2. The zero-order valence-electron chi connectivity index (χ0n) is 12.1. The van der Waals surface area contributed by atoms with Gasteiger partial charge in [0.25, 0.3) is 0 Å². The van der Waals surface area contributed by atoms with Gasteiger partial charge < -0.3 is 9.67 Å². The third-order valence-electron chi connectivity index (χ3n) is 3.13. The van der Waals surface area contributed by atoms with E-state index >= 15 is 0 Å². The van der Waals surface area contributed by atoms with Gasteiger partial charge in [0, 0.05) is 36.9 Å². The van der Waals surface area contributed by atoms with Crippen molar-refractivity contribution < 1.29 is 13.5 Å². The maximum atomic E-state index is 12.2. The van der Waals surface area contributed by atoms with Gasteiger partial charge in [-0.1, -0.05) is 0 Å². The van der Waals surface area contributed by atoms with Gasteiger partial charge in [-0.25, -0.2) is 13.1 Å². The van der Waals surface area contributed by atoms with Gasteiger partial charge in [-0.3, -0.25) is 4.68 Å². The van der Waals surface area contributed by atoms with Crippen molar-refractivity contribution in [2.75, 3.05) is 6.54 Å². The smallest absolute Gasteiger partial charge is 0.242 e. The lowest BCUT2D eigenvalue weighted by molar-refractivity contribution is 0.268. The van der Waals surface area contributed by atoms with Crippen LogP contribution in [-0.4, -0.2) is 34.4 Å². The van der Waals surface area contributed by atoms with Gasteiger partial charge in [-0.2, -0.15) is 5.10 Å². The summed E-state index contributed by atoms with van der Waals surface area (Å²) in [6.45, 7) is 4.39. The molecule has 0 saturated carbocycles. The van der Waals surface area contributed by atoms with E-state index in [-0.39, 0.29) is 24.1 Å². The Kier molecular flexibility index (Phi) is 4.81. The van der Waals surface area contributed by atoms with Crippen molar-refractivity contribution in [2.24, 2.45) is 0 Å². The Balaban J connectivity index is 2.08. The minimum atomic E-state index is -3.58. The van der Waals surface area contributed by atoms with E-state index in [0.717, 1.165) is 0 Å². The highest BCUT2D eigenvalue weighted by molar-refractivity contribution is 7.89. The van der Waals surface area contributed by atoms with Crippen LogP contribution in [0.5, 0.6) is 0 Å². The Morgan fingerprint density at radius 2 is 2.19 bits per heavy atom. The predicted molar refractivity (Wildman–Crippen MR) is 78.2 cm³/mol. The summed E-state index contributed by atoms with van der Waals surface area (Å²) in [4.78, 5) is 0.167. The summed E-state index contributed by atoms with van der Waals surface area (Å²) in [5.41, 5.74) is 0.581. The monoisotopic (exact) mass is 312 g/mol. The first kappa shape index (κ1) is 15.7. The lowest BCUT2D eigenvalue weighted by Gasteiger charge is -2.10. The number of sulfonamides is 1. The van der Waals surface area contributed by atoms with Gasteiger partial charge in [0.1, 0.15) is 0 Å². The summed E-state index contributed by atoms with van der Waals surface area (Å²) < 4.78 is 30.4. The standard InChI is InChI=1S/C13H20N4O3S/c1-11(2)17-9-13(8-12(17)10-18)21(19,20)15-5-7-16-6-3-4-14-16/h3-4,6,8-9,11,15,18H,5,7,10H2,1-2H3. The van der Waals surface area contributed by atoms with Gasteiger partial charge in [0.2, 0.25) is 10.0 Å². The number of hydrogen-bond donors (Lipinski definition) is 2. The first-order chi connectivity index (χ1) is 9.94. The molecular weight excluding hydrogens is 292 g/mol. The molecule has 0 aromatic carbocycles. The van der Waals surface area contributed by atoms with Crippen LogP contribution >= 0.6 is 0 Å². The van der Waals surface area contributed by atoms with Crippen molar-refractivity contribution in [3.8, 4) is 0 Å². The molecule has 0 aliphatic heterocycles. The Hall–Kier alpha value is -1.64. The van der Waals surface area contributed by atoms with Crippen LogP contribution in [0, 0.1) is 0 Å². The highest BCUT2D eigenvalue weighted by Crippen LogP contribution is 2.18. The van der Waals surface area contributed by atoms with Crippen LogP contribution in [0.15, 0.2) is 35.6 Å². The topological polar surface area (TPSA) is 89.2 Å². The van der Waals surface area contributed by atoms with Gasteiger partial charge in [-0.15, -0.1) is 0 Å². The zero-order chi connectivity index (χ0) is 15.5. The zero-order valence-corrected chi connectivity index (χ0v) is 12.9. The van der Waals surface area contributed by atoms with Crippen molar-refractivity contribution >= 4 is 10.0 Å². The van der Waals surface area contributed by atoms with Gasteiger partial charge in [-0.05, 0) is 26.0 Å². The van der Waals surface area contributed by atoms with Crippen molar-refractivity contribution in [3.05, 3.63) is 36.4 Å². The maximum absolute atomic E-state index is 12.2. The van der Waals surface area contributed by atoms with Crippen LogP contribution in [0.3, 0.4) is 0 Å². The molecule has 8 heteroatoms. The number of aromatic nitrogens is 3. The van der Waals surface area contributed by atoms with Crippen LogP contribution < -0.4 is 4.72 Å². The molecule has 0 amide bonds. The molecule has 0 bridgehead atoms. The van der Waals surface area contributed by atoms with Gasteiger partial charge in [0.05, 0.1) is 18.0 Å². The molecule has 2 N–H and O–H groups in total. The molecule has 21 heavy (non-hydrogen) atoms. The van der Waals surface area contributed by atoms with E-state index in [1.54, 1.807) is 33.9 Å². The Morgan fingerprint density at radius 3 is 2.71 bits per heavy atom. The SMILES string of the molecule is CC(C)n1cc(S(=O)(=O)NCCn2cccn2)cc1CO. The lowest BCUT2D eigenvalue weighted by atomic mass is 10.3. The van der Waals surface area contributed by atoms with Crippen LogP contribution in [0.1, 0.15) is 25.6 Å². The highest BCUT2D eigenvalue weighted by Gasteiger charge is 2.18. The van der Waals surface area contributed by atoms with Crippen molar-refractivity contribution in [2.45, 2.75) is 37.9 Å². The molecule has 116 valence electrons. The maximum Gasteiger partial charge on any atom is 0.242 e. The Labute approximate surface area is 124 Å². The summed E-state index contributed by atoms with van der Waals surface area (Å²) >= 11 is 0. The van der Waals surface area contributed by atoms with E-state index in [1.807, 2.05) is 13.8 Å². The third kappa shape index (κ3) is 3.72. The van der Waals surface area contributed by atoms with E-state index in [2.05, 4.69) is 9.82 Å². The molecule has 0 unspecified atom stereocenters. The molecule has 0 aliphatic carbocycles. The Bertz CT molecular complexity index is 674. The number of nitrogens with one attached hydrogen (secondary N) is 1. The first-order valence-corrected chi connectivity index (χ1v) is 8.21. The molecule has 0 aliphatic rings. The van der Waals surface area contributed by atoms with E-state index in [4.69, 9.17) is 0 Å². The fraction of sp³-hybridized carbons (Fsp3) is 0.462. The van der Waals surface area contributed by atoms with Crippen molar-refractivity contribution in [1.82, 2.24) is 19.1 Å². The van der Waals surface area contributed by atoms with Crippen molar-refractivity contribution in [1.29, 1.82) is 0 Å². The summed E-state index contributed by atoms with van der Waals surface area (Å²) in [5, 5.41) is 13.3. The van der Waals surface area contributed by atoms with E-state index in [1.165, 1.54) is 6.07 Å². The quantitative estimate of drug-likeness (QED) is 0.789. The average molecular weight is 312 g/mol. The van der Waals surface area contributed by atoms with Crippen molar-refractivity contribution in [3.63, 3.8) is 0 Å². The molecule has 7 nitrogen and oxygen atoms in total. The van der Waals surface area contributed by atoms with Crippen LogP contribution in [-0.2, 0) is 23.2 Å². The van der Waals surface area contributed by atoms with E-state index in [0.29, 0.717) is 12.2 Å². The van der Waals surface area contributed by atoms with Crippen LogP contribution in [0.4, 0.5) is 0 Å².